The highest BCUT2D eigenvalue weighted by atomic mass is 32.2. The molecule has 1 aromatic heterocycles. The Bertz CT molecular complexity index is 455. The lowest BCUT2D eigenvalue weighted by molar-refractivity contribution is 0.403. The van der Waals surface area contributed by atoms with Gasteiger partial charge in [0.1, 0.15) is 5.82 Å². The molecule has 0 amide bonds. The Kier molecular flexibility index (Phi) is 4.08. The summed E-state index contributed by atoms with van der Waals surface area (Å²) >= 11 is 1.94. The highest BCUT2D eigenvalue weighted by molar-refractivity contribution is 7.99. The third kappa shape index (κ3) is 2.95. The zero-order valence-corrected chi connectivity index (χ0v) is 12.7. The maximum Gasteiger partial charge on any atom is 0.138 e. The summed E-state index contributed by atoms with van der Waals surface area (Å²) in [6.07, 6.45) is 5.07. The van der Waals surface area contributed by atoms with Crippen molar-refractivity contribution >= 4 is 11.8 Å². The van der Waals surface area contributed by atoms with Gasteiger partial charge in [0.2, 0.25) is 0 Å². The molecule has 2 aliphatic rings. The number of nitrogens with zero attached hydrogens (tertiary/aromatic N) is 2. The largest absolute Gasteiger partial charge is 0.312 e. The molecule has 0 saturated heterocycles. The normalized spacial score (nSPS) is 19.3. The maximum atomic E-state index is 4.91. The second-order valence-electron chi connectivity index (χ2n) is 5.86. The van der Waals surface area contributed by atoms with Crippen LogP contribution >= 0.6 is 11.8 Å². The Hall–Kier alpha value is -0.610. The molecule has 0 radical (unpaired) electrons. The van der Waals surface area contributed by atoms with Gasteiger partial charge in [-0.2, -0.15) is 11.8 Å². The summed E-state index contributed by atoms with van der Waals surface area (Å²) in [5.41, 5.74) is 4.09. The van der Waals surface area contributed by atoms with E-state index in [1.807, 2.05) is 11.8 Å². The van der Waals surface area contributed by atoms with E-state index < -0.39 is 0 Å². The van der Waals surface area contributed by atoms with Gasteiger partial charge in [-0.25, -0.2) is 9.97 Å². The first-order valence-electron chi connectivity index (χ1n) is 7.45. The molecule has 0 aromatic carbocycles. The summed E-state index contributed by atoms with van der Waals surface area (Å²) in [6, 6.07) is 0. The Balaban J connectivity index is 1.88. The molecule has 2 heterocycles. The summed E-state index contributed by atoms with van der Waals surface area (Å²) in [5.74, 6) is 2.72. The fourth-order valence-corrected chi connectivity index (χ4v) is 3.36. The van der Waals surface area contributed by atoms with Crippen LogP contribution in [0.2, 0.25) is 0 Å². The molecule has 4 heteroatoms. The molecule has 0 unspecified atom stereocenters. The summed E-state index contributed by atoms with van der Waals surface area (Å²) in [7, 11) is 0. The number of hydrogen-bond acceptors (Lipinski definition) is 4. The van der Waals surface area contributed by atoms with Crippen LogP contribution in [0, 0.1) is 0 Å². The number of nitrogens with one attached hydrogen (secondary N) is 1. The molecule has 1 aliphatic heterocycles. The molecule has 104 valence electrons. The molecule has 0 atom stereocenters. The zero-order valence-electron chi connectivity index (χ0n) is 11.9. The first-order chi connectivity index (χ1) is 9.24. The van der Waals surface area contributed by atoms with Gasteiger partial charge < -0.3 is 5.32 Å². The number of fused-ring (bicyclic) bond motifs is 1. The van der Waals surface area contributed by atoms with Crippen LogP contribution in [0.1, 0.15) is 61.8 Å². The maximum absolute atomic E-state index is 4.91. The van der Waals surface area contributed by atoms with Crippen molar-refractivity contribution in [1.82, 2.24) is 15.3 Å². The van der Waals surface area contributed by atoms with Gasteiger partial charge in [-0.3, -0.25) is 0 Å². The molecule has 1 N–H and O–H groups in total. The Labute approximate surface area is 120 Å². The second kappa shape index (κ2) is 5.80. The average Bonchev–Trinajstić information content (AvgIpc) is 2.34. The van der Waals surface area contributed by atoms with Crippen molar-refractivity contribution in [3.63, 3.8) is 0 Å². The van der Waals surface area contributed by atoms with E-state index in [1.54, 1.807) is 0 Å². The van der Waals surface area contributed by atoms with Crippen molar-refractivity contribution < 1.29 is 0 Å². The van der Waals surface area contributed by atoms with Crippen molar-refractivity contribution in [2.75, 3.05) is 6.54 Å². The predicted octanol–water partition coefficient (Wildman–Crippen LogP) is 3.03. The summed E-state index contributed by atoms with van der Waals surface area (Å²) in [6.45, 7) is 6.50. The van der Waals surface area contributed by atoms with E-state index in [0.29, 0.717) is 11.2 Å². The Morgan fingerprint density at radius 2 is 2.16 bits per heavy atom. The average molecular weight is 277 g/mol. The van der Waals surface area contributed by atoms with Gasteiger partial charge in [-0.1, -0.05) is 20.3 Å². The molecular formula is C15H23N3S. The van der Waals surface area contributed by atoms with Gasteiger partial charge in [-0.05, 0) is 18.1 Å². The van der Waals surface area contributed by atoms with Gasteiger partial charge in [0, 0.05) is 31.0 Å². The summed E-state index contributed by atoms with van der Waals surface area (Å²) < 4.78 is 0. The van der Waals surface area contributed by atoms with Crippen LogP contribution in [0.15, 0.2) is 0 Å². The molecule has 3 nitrogen and oxygen atoms in total. The third-order valence-corrected chi connectivity index (χ3v) is 5.14. The highest BCUT2D eigenvalue weighted by Gasteiger charge is 2.27. The van der Waals surface area contributed by atoms with Crippen molar-refractivity contribution in [2.45, 2.75) is 63.0 Å². The van der Waals surface area contributed by atoms with Gasteiger partial charge in [0.05, 0.1) is 17.1 Å². The SMILES string of the molecule is CC(C)SCc1nc2c(c(C3CCC3)n1)CNCC2. The molecule has 19 heavy (non-hydrogen) atoms. The number of hydrogen-bond donors (Lipinski definition) is 1. The van der Waals surface area contributed by atoms with Crippen LogP contribution in [-0.4, -0.2) is 21.8 Å². The first-order valence-corrected chi connectivity index (χ1v) is 8.50. The van der Waals surface area contributed by atoms with E-state index in [1.165, 1.54) is 36.2 Å². The lowest BCUT2D eigenvalue weighted by atomic mass is 9.80. The molecule has 1 saturated carbocycles. The van der Waals surface area contributed by atoms with Gasteiger partial charge in [-0.15, -0.1) is 0 Å². The predicted molar refractivity (Wildman–Crippen MR) is 80.5 cm³/mol. The van der Waals surface area contributed by atoms with Crippen LogP contribution in [-0.2, 0) is 18.7 Å². The van der Waals surface area contributed by atoms with E-state index in [4.69, 9.17) is 9.97 Å². The minimum Gasteiger partial charge on any atom is -0.312 e. The summed E-state index contributed by atoms with van der Waals surface area (Å²) in [5, 5.41) is 4.12. The molecule has 1 aromatic rings. The van der Waals surface area contributed by atoms with Crippen molar-refractivity contribution in [3.8, 4) is 0 Å². The number of rotatable bonds is 4. The number of thioether (sulfide) groups is 1. The van der Waals surface area contributed by atoms with Crippen LogP contribution < -0.4 is 5.32 Å². The van der Waals surface area contributed by atoms with E-state index in [0.717, 1.165) is 31.1 Å². The lowest BCUT2D eigenvalue weighted by Crippen LogP contribution is -2.29. The minimum absolute atomic E-state index is 0.647. The van der Waals surface area contributed by atoms with Crippen molar-refractivity contribution in [1.29, 1.82) is 0 Å². The highest BCUT2D eigenvalue weighted by Crippen LogP contribution is 2.38. The van der Waals surface area contributed by atoms with Gasteiger partial charge >= 0.3 is 0 Å². The fraction of sp³-hybridized carbons (Fsp3) is 0.733. The van der Waals surface area contributed by atoms with Crippen LogP contribution in [0.5, 0.6) is 0 Å². The Morgan fingerprint density at radius 1 is 1.32 bits per heavy atom. The molecule has 0 spiro atoms. The second-order valence-corrected chi connectivity index (χ2v) is 7.43. The standard InChI is InChI=1S/C15H23N3S/c1-10(2)19-9-14-17-13-6-7-16-8-12(13)15(18-14)11-4-3-5-11/h10-11,16H,3-9H2,1-2H3. The molecular weight excluding hydrogens is 254 g/mol. The Morgan fingerprint density at radius 3 is 2.84 bits per heavy atom. The lowest BCUT2D eigenvalue weighted by Gasteiger charge is -2.29. The molecule has 3 rings (SSSR count). The number of aromatic nitrogens is 2. The fourth-order valence-electron chi connectivity index (χ4n) is 2.75. The monoisotopic (exact) mass is 277 g/mol. The van der Waals surface area contributed by atoms with Crippen LogP contribution in [0.25, 0.3) is 0 Å². The topological polar surface area (TPSA) is 37.8 Å². The quantitative estimate of drug-likeness (QED) is 0.918. The van der Waals surface area contributed by atoms with Gasteiger partial charge in [0.15, 0.2) is 0 Å². The van der Waals surface area contributed by atoms with E-state index >= 15 is 0 Å². The zero-order chi connectivity index (χ0) is 13.2. The van der Waals surface area contributed by atoms with Gasteiger partial charge in [0.25, 0.3) is 0 Å². The van der Waals surface area contributed by atoms with Crippen LogP contribution in [0.3, 0.4) is 0 Å². The third-order valence-electron chi connectivity index (χ3n) is 4.05. The van der Waals surface area contributed by atoms with E-state index in [-0.39, 0.29) is 0 Å². The first kappa shape index (κ1) is 13.4. The van der Waals surface area contributed by atoms with Crippen LogP contribution in [0.4, 0.5) is 0 Å². The van der Waals surface area contributed by atoms with Crippen molar-refractivity contribution in [3.05, 3.63) is 22.8 Å². The minimum atomic E-state index is 0.647. The molecule has 1 aliphatic carbocycles. The van der Waals surface area contributed by atoms with E-state index in [2.05, 4.69) is 19.2 Å². The molecule has 0 bridgehead atoms. The molecule has 1 fully saturated rings. The smallest absolute Gasteiger partial charge is 0.138 e. The summed E-state index contributed by atoms with van der Waals surface area (Å²) in [4.78, 5) is 9.72. The van der Waals surface area contributed by atoms with Crippen molar-refractivity contribution in [2.24, 2.45) is 0 Å². The van der Waals surface area contributed by atoms with E-state index in [9.17, 15) is 0 Å².